The van der Waals surface area contributed by atoms with Gasteiger partial charge in [-0.15, -0.1) is 0 Å². The molecule has 0 aromatic heterocycles. The van der Waals surface area contributed by atoms with Crippen molar-refractivity contribution in [2.75, 3.05) is 24.3 Å². The van der Waals surface area contributed by atoms with Gasteiger partial charge in [0.1, 0.15) is 46.2 Å². The maximum absolute atomic E-state index is 12.7. The number of rotatable bonds is 10. The lowest BCUT2D eigenvalue weighted by Gasteiger charge is -2.29. The molecule has 0 bridgehead atoms. The van der Waals surface area contributed by atoms with Crippen molar-refractivity contribution < 1.29 is 81.6 Å². The minimum absolute atomic E-state index is 0.149. The van der Waals surface area contributed by atoms with Crippen LogP contribution in [0.3, 0.4) is 0 Å². The fourth-order valence-electron chi connectivity index (χ4n) is 9.01. The molecule has 416 valence electrons. The minimum Gasteiger partial charge on any atom is -0.482 e. The van der Waals surface area contributed by atoms with Crippen LogP contribution in [-0.4, -0.2) is 139 Å². The Balaban J connectivity index is 0.000000177. The van der Waals surface area contributed by atoms with E-state index in [1.165, 1.54) is 14.7 Å². The second-order valence-electron chi connectivity index (χ2n) is 20.4. The minimum atomic E-state index is -1.12. The number of nitrogen functional groups attached to an aromatic ring is 1. The SMILES string of the molecule is CC(C)(C)OC(=O)CBr.CC(C)(C)OC(=O)COc1cccc2c1CN(C1CCC(=O)NC1=O)C2=O.Nc1cccc2c1CN(C1CCC(=O)NC1=O)C2=O.O=C(O)COc1cccc2c1CN(C1CCC(=O)NC1=O)C2=O. The largest absolute Gasteiger partial charge is 0.482 e. The van der Waals surface area contributed by atoms with Crippen LogP contribution in [0, 0.1) is 0 Å². The van der Waals surface area contributed by atoms with Crippen molar-refractivity contribution >= 4 is 92.7 Å². The zero-order valence-corrected chi connectivity index (χ0v) is 45.3. The number of carboxylic acids is 1. The van der Waals surface area contributed by atoms with E-state index < -0.39 is 60.0 Å². The van der Waals surface area contributed by atoms with Crippen molar-refractivity contribution in [3.63, 3.8) is 0 Å². The summed E-state index contributed by atoms with van der Waals surface area (Å²) in [6, 6.07) is 13.0. The number of ether oxygens (including phenoxy) is 4. The Morgan fingerprint density at radius 3 is 1.23 bits per heavy atom. The number of carbonyl (C=O) groups is 12. The van der Waals surface area contributed by atoms with E-state index in [4.69, 9.17) is 29.8 Å². The predicted octanol–water partition coefficient (Wildman–Crippen LogP) is 2.83. The summed E-state index contributed by atoms with van der Waals surface area (Å²) in [7, 11) is 0. The second-order valence-corrected chi connectivity index (χ2v) is 21.0. The maximum atomic E-state index is 12.7. The number of hydrogen-bond donors (Lipinski definition) is 5. The van der Waals surface area contributed by atoms with Crippen LogP contribution in [-0.2, 0) is 72.3 Å². The van der Waals surface area contributed by atoms with Gasteiger partial charge in [0, 0.05) is 64.9 Å². The molecule has 0 radical (unpaired) electrons. The number of carbonyl (C=O) groups excluding carboxylic acids is 11. The molecule has 6 N–H and O–H groups in total. The summed E-state index contributed by atoms with van der Waals surface area (Å²) >= 11 is 2.99. The van der Waals surface area contributed by atoms with Gasteiger partial charge >= 0.3 is 17.9 Å². The summed E-state index contributed by atoms with van der Waals surface area (Å²) in [5, 5.41) is 15.7. The van der Waals surface area contributed by atoms with E-state index in [-0.39, 0.29) is 97.7 Å². The lowest BCUT2D eigenvalue weighted by atomic mass is 10.0. The molecule has 0 saturated carbocycles. The van der Waals surface area contributed by atoms with Gasteiger partial charge in [0.15, 0.2) is 13.2 Å². The summed E-state index contributed by atoms with van der Waals surface area (Å²) < 4.78 is 20.9. The van der Waals surface area contributed by atoms with E-state index in [2.05, 4.69) is 31.9 Å². The molecule has 0 spiro atoms. The number of nitrogens with zero attached hydrogens (tertiary/aromatic N) is 3. The summed E-state index contributed by atoms with van der Waals surface area (Å²) in [5.74, 6) is -4.27. The highest BCUT2D eigenvalue weighted by Gasteiger charge is 2.43. The fourth-order valence-corrected chi connectivity index (χ4v) is 9.12. The Hall–Kier alpha value is -8.22. The van der Waals surface area contributed by atoms with Gasteiger partial charge in [0.05, 0.1) is 13.1 Å². The van der Waals surface area contributed by atoms with Crippen LogP contribution >= 0.6 is 15.9 Å². The molecular weight excluding hydrogens is 1090 g/mol. The third kappa shape index (κ3) is 14.8. The van der Waals surface area contributed by atoms with E-state index in [9.17, 15) is 57.5 Å². The van der Waals surface area contributed by atoms with Gasteiger partial charge in [-0.1, -0.05) is 34.1 Å². The number of nitrogens with two attached hydrogens (primary N) is 1. The van der Waals surface area contributed by atoms with Crippen molar-refractivity contribution in [3.8, 4) is 11.5 Å². The fraction of sp³-hybridized carbons (Fsp3) is 0.434. The Morgan fingerprint density at radius 1 is 0.551 bits per heavy atom. The smallest absolute Gasteiger partial charge is 0.344 e. The molecule has 6 aliphatic heterocycles. The number of benzene rings is 3. The highest BCUT2D eigenvalue weighted by Crippen LogP contribution is 2.36. The van der Waals surface area contributed by atoms with Crippen LogP contribution in [0.5, 0.6) is 11.5 Å². The number of halogens is 1. The van der Waals surface area contributed by atoms with Crippen LogP contribution in [0.1, 0.15) is 128 Å². The highest BCUT2D eigenvalue weighted by molar-refractivity contribution is 9.09. The molecule has 6 aliphatic rings. The van der Waals surface area contributed by atoms with Crippen LogP contribution < -0.4 is 31.2 Å². The second kappa shape index (κ2) is 24.8. The predicted molar refractivity (Wildman–Crippen MR) is 276 cm³/mol. The molecule has 3 saturated heterocycles. The van der Waals surface area contributed by atoms with Gasteiger partial charge in [-0.2, -0.15) is 0 Å². The van der Waals surface area contributed by atoms with Gasteiger partial charge in [-0.25, -0.2) is 9.59 Å². The molecule has 3 aromatic carbocycles. The monoisotopic (exact) mass is 1150 g/mol. The standard InChI is InChI=1S/C19H22N2O6.C15H14N2O6.C13H13N3O3.C6H11BrO2/c1-19(2,3)27-16(23)10-26-14-6-4-5-11-12(14)9-21(18(11)25)13-7-8-15(22)20-17(13)24;18-12-5-4-10(14(21)16-12)17-6-9-8(15(17)22)2-1-3-11(9)23-7-13(19)20;14-9-3-1-2-7-8(9)6-16(13(7)19)10-4-5-11(17)15-12(10)18;1-6(2,3)9-5(8)4-7/h4-6,13H,7-10H2,1-3H3,(H,20,22,24);1-3,10H,4-7H2,(H,19,20)(H,16,18,21);1-3,10H,4-6,14H2,(H,15,17,18);4H2,1-3H3. The number of piperidine rings is 3. The van der Waals surface area contributed by atoms with Crippen LogP contribution in [0.4, 0.5) is 5.69 Å². The summed E-state index contributed by atoms with van der Waals surface area (Å²) in [5.41, 5.74) is 8.74. The topological polar surface area (TPSA) is 334 Å². The number of carboxylic acid groups (broad SMARTS) is 1. The van der Waals surface area contributed by atoms with E-state index in [1.807, 2.05) is 20.8 Å². The van der Waals surface area contributed by atoms with Gasteiger partial charge < -0.3 is 44.5 Å². The average molecular weight is 1150 g/mol. The van der Waals surface area contributed by atoms with Gasteiger partial charge in [-0.3, -0.25) is 63.9 Å². The van der Waals surface area contributed by atoms with Gasteiger partial charge in [0.2, 0.25) is 35.4 Å². The molecule has 3 aromatic rings. The number of aliphatic carboxylic acids is 1. The van der Waals surface area contributed by atoms with Crippen molar-refractivity contribution in [3.05, 3.63) is 88.0 Å². The number of fused-ring (bicyclic) bond motifs is 3. The Labute approximate surface area is 456 Å². The first kappa shape index (κ1) is 59.0. The normalized spacial score (nSPS) is 19.5. The van der Waals surface area contributed by atoms with E-state index >= 15 is 0 Å². The number of nitrogens with one attached hydrogen (secondary N) is 3. The molecule has 6 heterocycles. The number of hydrogen-bond acceptors (Lipinski definition) is 17. The van der Waals surface area contributed by atoms with E-state index in [0.29, 0.717) is 64.4 Å². The summed E-state index contributed by atoms with van der Waals surface area (Å²) in [4.78, 5) is 144. The molecule has 0 aliphatic carbocycles. The van der Waals surface area contributed by atoms with Crippen molar-refractivity contribution in [1.29, 1.82) is 0 Å². The lowest BCUT2D eigenvalue weighted by molar-refractivity contribution is -0.157. The van der Waals surface area contributed by atoms with E-state index in [0.717, 1.165) is 5.56 Å². The Morgan fingerprint density at radius 2 is 0.897 bits per heavy atom. The molecule has 78 heavy (non-hydrogen) atoms. The molecule has 9 amide bonds. The maximum Gasteiger partial charge on any atom is 0.344 e. The molecule has 25 heteroatoms. The van der Waals surface area contributed by atoms with E-state index in [1.54, 1.807) is 75.4 Å². The van der Waals surface area contributed by atoms with Crippen LogP contribution in [0.15, 0.2) is 54.6 Å². The first-order chi connectivity index (χ1) is 36.7. The molecule has 3 atom stereocenters. The number of amides is 9. The molecule has 3 unspecified atom stereocenters. The quantitative estimate of drug-likeness (QED) is 0.0843. The first-order valence-corrected chi connectivity index (χ1v) is 25.8. The van der Waals surface area contributed by atoms with Crippen molar-refractivity contribution in [1.82, 2.24) is 30.7 Å². The van der Waals surface area contributed by atoms with Gasteiger partial charge in [-0.05, 0) is 97.2 Å². The van der Waals surface area contributed by atoms with Crippen LogP contribution in [0.2, 0.25) is 0 Å². The number of imide groups is 3. The average Bonchev–Trinajstić information content (AvgIpc) is 4.10. The van der Waals surface area contributed by atoms with Gasteiger partial charge in [0.25, 0.3) is 17.7 Å². The zero-order chi connectivity index (χ0) is 57.4. The third-order valence-electron chi connectivity index (χ3n) is 12.3. The Kier molecular flexibility index (Phi) is 18.8. The lowest BCUT2D eigenvalue weighted by Crippen LogP contribution is -2.52. The number of alkyl halides is 1. The molecular formula is C53H60BrN7O17. The van der Waals surface area contributed by atoms with Crippen molar-refractivity contribution in [2.45, 2.75) is 129 Å². The van der Waals surface area contributed by atoms with Crippen molar-refractivity contribution in [2.24, 2.45) is 0 Å². The first-order valence-electron chi connectivity index (χ1n) is 24.7. The zero-order valence-electron chi connectivity index (χ0n) is 43.7. The third-order valence-corrected chi connectivity index (χ3v) is 12.8. The molecule has 24 nitrogen and oxygen atoms in total. The summed E-state index contributed by atoms with van der Waals surface area (Å²) in [6.45, 7) is 10.7. The molecule has 9 rings (SSSR count). The molecule has 3 fully saturated rings. The Bertz CT molecular complexity index is 2950. The highest BCUT2D eigenvalue weighted by atomic mass is 79.9. The number of anilines is 1. The summed E-state index contributed by atoms with van der Waals surface area (Å²) in [6.07, 6.45) is 1.56. The van der Waals surface area contributed by atoms with Crippen LogP contribution in [0.25, 0.3) is 0 Å². The number of esters is 2.